The topological polar surface area (TPSA) is 78.3 Å². The number of nitrogens with one attached hydrogen (secondary N) is 1. The van der Waals surface area contributed by atoms with Crippen LogP contribution in [0.15, 0.2) is 53.7 Å². The Balaban J connectivity index is 1.48. The van der Waals surface area contributed by atoms with Gasteiger partial charge in [-0.25, -0.2) is 0 Å². The highest BCUT2D eigenvalue weighted by molar-refractivity contribution is 7.99. The summed E-state index contributed by atoms with van der Waals surface area (Å²) in [6.45, 7) is 2.78. The van der Waals surface area contributed by atoms with Gasteiger partial charge in [0.15, 0.2) is 22.5 Å². The minimum atomic E-state index is -0.129. The molecule has 0 aliphatic rings. The molecule has 0 aliphatic carbocycles. The number of amides is 1. The maximum atomic E-state index is 12.3. The Hall–Kier alpha value is -3.00. The van der Waals surface area contributed by atoms with Gasteiger partial charge in [0.2, 0.25) is 0 Å². The molecule has 2 aromatic carbocycles. The summed E-state index contributed by atoms with van der Waals surface area (Å²) in [4.78, 5) is 12.3. The van der Waals surface area contributed by atoms with Crippen LogP contribution in [0.5, 0.6) is 11.5 Å². The van der Waals surface area contributed by atoms with Gasteiger partial charge in [0, 0.05) is 18.4 Å². The summed E-state index contributed by atoms with van der Waals surface area (Å²) in [5, 5.41) is 12.0. The molecule has 29 heavy (non-hydrogen) atoms. The first-order chi connectivity index (χ1) is 14.1. The van der Waals surface area contributed by atoms with Gasteiger partial charge in [-0.05, 0) is 31.2 Å². The molecular formula is C21H24N4O3S. The molecule has 7 nitrogen and oxygen atoms in total. The lowest BCUT2D eigenvalue weighted by molar-refractivity contribution is 0.0949. The van der Waals surface area contributed by atoms with E-state index in [1.54, 1.807) is 24.9 Å². The second kappa shape index (κ2) is 9.97. The lowest BCUT2D eigenvalue weighted by Gasteiger charge is -2.10. The summed E-state index contributed by atoms with van der Waals surface area (Å²) in [5.74, 6) is 2.70. The van der Waals surface area contributed by atoms with E-state index in [1.807, 2.05) is 61.0 Å². The van der Waals surface area contributed by atoms with Crippen LogP contribution in [0.4, 0.5) is 0 Å². The summed E-state index contributed by atoms with van der Waals surface area (Å²) in [7, 11) is 3.51. The van der Waals surface area contributed by atoms with Crippen molar-refractivity contribution in [3.63, 3.8) is 0 Å². The Bertz CT molecular complexity index is 974. The molecule has 1 aromatic heterocycles. The second-order valence-corrected chi connectivity index (χ2v) is 7.42. The van der Waals surface area contributed by atoms with Crippen LogP contribution in [0.25, 0.3) is 0 Å². The van der Waals surface area contributed by atoms with Crippen molar-refractivity contribution in [1.29, 1.82) is 0 Å². The van der Waals surface area contributed by atoms with Crippen molar-refractivity contribution in [2.45, 2.75) is 18.6 Å². The van der Waals surface area contributed by atoms with E-state index in [-0.39, 0.29) is 5.91 Å². The fraction of sp³-hybridized carbons (Fsp3) is 0.286. The number of rotatable bonds is 9. The van der Waals surface area contributed by atoms with Gasteiger partial charge in [0.05, 0.1) is 20.3 Å². The number of hydrogen-bond donors (Lipinski definition) is 1. The number of benzene rings is 2. The van der Waals surface area contributed by atoms with Crippen molar-refractivity contribution in [2.24, 2.45) is 7.05 Å². The molecule has 3 rings (SSSR count). The minimum Gasteiger partial charge on any atom is -0.493 e. The number of carbonyl (C=O) groups is 1. The van der Waals surface area contributed by atoms with Crippen molar-refractivity contribution in [3.8, 4) is 11.5 Å². The summed E-state index contributed by atoms with van der Waals surface area (Å²) in [6, 6.07) is 15.0. The van der Waals surface area contributed by atoms with Gasteiger partial charge in [-0.3, -0.25) is 4.79 Å². The Morgan fingerprint density at radius 1 is 1.14 bits per heavy atom. The number of aromatic nitrogens is 3. The molecule has 0 bridgehead atoms. The molecule has 0 radical (unpaired) electrons. The Labute approximate surface area is 174 Å². The predicted octanol–water partition coefficient (Wildman–Crippen LogP) is 3.23. The van der Waals surface area contributed by atoms with E-state index in [9.17, 15) is 4.79 Å². The highest BCUT2D eigenvalue weighted by Gasteiger charge is 2.12. The van der Waals surface area contributed by atoms with Crippen molar-refractivity contribution in [1.82, 2.24) is 20.1 Å². The normalized spacial score (nSPS) is 10.6. The number of hydrogen-bond acceptors (Lipinski definition) is 6. The molecule has 1 N–H and O–H groups in total. The average Bonchev–Trinajstić information content (AvgIpc) is 3.09. The molecule has 0 saturated heterocycles. The Morgan fingerprint density at radius 2 is 1.93 bits per heavy atom. The van der Waals surface area contributed by atoms with Crippen LogP contribution < -0.4 is 14.8 Å². The smallest absolute Gasteiger partial charge is 0.251 e. The molecule has 8 heteroatoms. The second-order valence-electron chi connectivity index (χ2n) is 6.36. The lowest BCUT2D eigenvalue weighted by atomic mass is 10.1. The van der Waals surface area contributed by atoms with Gasteiger partial charge in [-0.15, -0.1) is 10.2 Å². The molecule has 3 aromatic rings. The number of para-hydroxylation sites is 2. The summed E-state index contributed by atoms with van der Waals surface area (Å²) in [5.41, 5.74) is 1.68. The van der Waals surface area contributed by atoms with Crippen molar-refractivity contribution in [2.75, 3.05) is 19.5 Å². The third kappa shape index (κ3) is 5.51. The predicted molar refractivity (Wildman–Crippen MR) is 113 cm³/mol. The van der Waals surface area contributed by atoms with Crippen LogP contribution in [-0.4, -0.2) is 40.1 Å². The first kappa shape index (κ1) is 20.7. The highest BCUT2D eigenvalue weighted by atomic mass is 32.2. The van der Waals surface area contributed by atoms with Crippen LogP contribution in [0.2, 0.25) is 0 Å². The molecule has 0 aliphatic heterocycles. The number of carbonyl (C=O) groups excluding carboxylic acids is 1. The maximum Gasteiger partial charge on any atom is 0.251 e. The van der Waals surface area contributed by atoms with Gasteiger partial charge < -0.3 is 19.4 Å². The molecule has 152 valence electrons. The van der Waals surface area contributed by atoms with E-state index >= 15 is 0 Å². The molecule has 0 saturated carbocycles. The maximum absolute atomic E-state index is 12.3. The summed E-state index contributed by atoms with van der Waals surface area (Å²) < 4.78 is 12.9. The zero-order valence-corrected chi connectivity index (χ0v) is 17.5. The van der Waals surface area contributed by atoms with Crippen LogP contribution >= 0.6 is 11.8 Å². The van der Waals surface area contributed by atoms with Gasteiger partial charge in [0.25, 0.3) is 5.91 Å². The van der Waals surface area contributed by atoms with E-state index in [1.165, 1.54) is 0 Å². The van der Waals surface area contributed by atoms with Gasteiger partial charge in [0.1, 0.15) is 0 Å². The molecule has 0 atom stereocenters. The number of nitrogens with zero attached hydrogens (tertiary/aromatic N) is 3. The zero-order chi connectivity index (χ0) is 20.6. The quantitative estimate of drug-likeness (QED) is 0.429. The third-order valence-electron chi connectivity index (χ3n) is 4.25. The third-order valence-corrected chi connectivity index (χ3v) is 5.24. The molecule has 0 unspecified atom stereocenters. The summed E-state index contributed by atoms with van der Waals surface area (Å²) in [6.07, 6.45) is 0. The first-order valence-electron chi connectivity index (χ1n) is 9.20. The molecule has 1 amide bonds. The molecule has 0 spiro atoms. The van der Waals surface area contributed by atoms with E-state index in [0.29, 0.717) is 41.8 Å². The monoisotopic (exact) mass is 412 g/mol. The number of ether oxygens (including phenoxy) is 2. The standard InChI is InChI=1S/C21H24N4O3S/c1-15-7-6-8-16(13-15)20(26)22-14-19-23-24-21(25(19)2)29-12-11-28-18-10-5-4-9-17(18)27-3/h4-10,13H,11-12,14H2,1-3H3,(H,22,26). The van der Waals surface area contributed by atoms with Crippen LogP contribution in [0, 0.1) is 6.92 Å². The summed E-state index contributed by atoms with van der Waals surface area (Å²) >= 11 is 1.54. The molecular weight excluding hydrogens is 388 g/mol. The highest BCUT2D eigenvalue weighted by Crippen LogP contribution is 2.26. The van der Waals surface area contributed by atoms with Crippen LogP contribution in [0.3, 0.4) is 0 Å². The van der Waals surface area contributed by atoms with Gasteiger partial charge in [-0.1, -0.05) is 41.6 Å². The van der Waals surface area contributed by atoms with E-state index in [2.05, 4.69) is 15.5 Å². The molecule has 1 heterocycles. The average molecular weight is 413 g/mol. The Morgan fingerprint density at radius 3 is 2.69 bits per heavy atom. The van der Waals surface area contributed by atoms with Crippen LogP contribution in [0.1, 0.15) is 21.7 Å². The van der Waals surface area contributed by atoms with Crippen molar-refractivity contribution < 1.29 is 14.3 Å². The minimum absolute atomic E-state index is 0.129. The number of aryl methyl sites for hydroxylation is 1. The van der Waals surface area contributed by atoms with E-state index in [0.717, 1.165) is 10.7 Å². The van der Waals surface area contributed by atoms with Crippen molar-refractivity contribution in [3.05, 3.63) is 65.5 Å². The molecule has 0 fully saturated rings. The number of methoxy groups -OCH3 is 1. The van der Waals surface area contributed by atoms with E-state index in [4.69, 9.17) is 9.47 Å². The largest absolute Gasteiger partial charge is 0.493 e. The fourth-order valence-electron chi connectivity index (χ4n) is 2.70. The fourth-order valence-corrected chi connectivity index (χ4v) is 3.44. The SMILES string of the molecule is COc1ccccc1OCCSc1nnc(CNC(=O)c2cccc(C)c2)n1C. The van der Waals surface area contributed by atoms with Gasteiger partial charge >= 0.3 is 0 Å². The first-order valence-corrected chi connectivity index (χ1v) is 10.2. The van der Waals surface area contributed by atoms with Gasteiger partial charge in [-0.2, -0.15) is 0 Å². The van der Waals surface area contributed by atoms with Crippen LogP contribution in [-0.2, 0) is 13.6 Å². The zero-order valence-electron chi connectivity index (χ0n) is 16.7. The Kier molecular flexibility index (Phi) is 7.13. The van der Waals surface area contributed by atoms with E-state index < -0.39 is 0 Å². The van der Waals surface area contributed by atoms with Crippen molar-refractivity contribution >= 4 is 17.7 Å². The lowest BCUT2D eigenvalue weighted by Crippen LogP contribution is -2.24. The number of thioether (sulfide) groups is 1.